The van der Waals surface area contributed by atoms with Crippen molar-refractivity contribution in [3.8, 4) is 5.75 Å². The summed E-state index contributed by atoms with van der Waals surface area (Å²) in [6.07, 6.45) is 1.42. The van der Waals surface area contributed by atoms with E-state index in [1.54, 1.807) is 12.1 Å². The van der Waals surface area contributed by atoms with Crippen LogP contribution in [0.25, 0.3) is 6.08 Å². The van der Waals surface area contributed by atoms with E-state index < -0.39 is 9.84 Å². The lowest BCUT2D eigenvalue weighted by Gasteiger charge is -2.02. The first-order valence-electron chi connectivity index (χ1n) is 5.84. The van der Waals surface area contributed by atoms with Crippen LogP contribution in [-0.2, 0) is 9.84 Å². The lowest BCUT2D eigenvalue weighted by molar-refractivity contribution is 0.413. The van der Waals surface area contributed by atoms with Crippen molar-refractivity contribution in [3.63, 3.8) is 0 Å². The van der Waals surface area contributed by atoms with Crippen LogP contribution in [0, 0.1) is 5.82 Å². The summed E-state index contributed by atoms with van der Waals surface area (Å²) < 4.78 is 42.0. The molecule has 0 aliphatic heterocycles. The van der Waals surface area contributed by atoms with E-state index in [-0.39, 0.29) is 10.7 Å². The Kier molecular flexibility index (Phi) is 4.20. The highest BCUT2D eigenvalue weighted by atomic mass is 32.2. The van der Waals surface area contributed by atoms with Gasteiger partial charge in [-0.15, -0.1) is 0 Å². The maximum Gasteiger partial charge on any atom is 0.199 e. The second kappa shape index (κ2) is 5.88. The maximum atomic E-state index is 12.8. The minimum atomic E-state index is -3.56. The van der Waals surface area contributed by atoms with Crippen LogP contribution in [0.1, 0.15) is 5.56 Å². The van der Waals surface area contributed by atoms with Gasteiger partial charge in [0.15, 0.2) is 9.84 Å². The molecule has 0 amide bonds. The molecule has 5 heteroatoms. The molecule has 20 heavy (non-hydrogen) atoms. The Hall–Kier alpha value is -2.14. The number of sulfone groups is 1. The second-order valence-electron chi connectivity index (χ2n) is 4.08. The van der Waals surface area contributed by atoms with Gasteiger partial charge in [-0.05, 0) is 42.0 Å². The summed E-state index contributed by atoms with van der Waals surface area (Å²) in [7, 11) is -2.08. The van der Waals surface area contributed by atoms with E-state index in [1.807, 2.05) is 0 Å². The average Bonchev–Trinajstić information content (AvgIpc) is 2.47. The molecule has 0 atom stereocenters. The number of hydrogen-bond acceptors (Lipinski definition) is 3. The molecule has 0 aliphatic carbocycles. The van der Waals surface area contributed by atoms with E-state index in [9.17, 15) is 12.8 Å². The van der Waals surface area contributed by atoms with E-state index in [0.29, 0.717) is 11.3 Å². The molecule has 2 aromatic rings. The first kappa shape index (κ1) is 14.3. The molecule has 0 saturated heterocycles. The lowest BCUT2D eigenvalue weighted by atomic mass is 10.2. The van der Waals surface area contributed by atoms with Gasteiger partial charge in [-0.2, -0.15) is 0 Å². The van der Waals surface area contributed by atoms with Crippen LogP contribution in [-0.4, -0.2) is 15.5 Å². The zero-order chi connectivity index (χ0) is 14.6. The van der Waals surface area contributed by atoms with E-state index in [4.69, 9.17) is 4.74 Å². The maximum absolute atomic E-state index is 12.8. The fraction of sp³-hybridized carbons (Fsp3) is 0.0667. The predicted octanol–water partition coefficient (Wildman–Crippen LogP) is 3.28. The van der Waals surface area contributed by atoms with Crippen molar-refractivity contribution in [2.45, 2.75) is 4.90 Å². The van der Waals surface area contributed by atoms with Crippen molar-refractivity contribution < 1.29 is 17.5 Å². The van der Waals surface area contributed by atoms with E-state index in [1.165, 1.54) is 49.6 Å². The van der Waals surface area contributed by atoms with Crippen LogP contribution < -0.4 is 4.74 Å². The summed E-state index contributed by atoms with van der Waals surface area (Å²) in [6.45, 7) is 0. The second-order valence-corrected chi connectivity index (χ2v) is 5.91. The molecular formula is C15H13FO3S. The van der Waals surface area contributed by atoms with E-state index in [2.05, 4.69) is 0 Å². The van der Waals surface area contributed by atoms with Gasteiger partial charge in [0.2, 0.25) is 0 Å². The minimum absolute atomic E-state index is 0.148. The van der Waals surface area contributed by atoms with Crippen LogP contribution in [0.15, 0.2) is 58.8 Å². The Morgan fingerprint density at radius 3 is 2.45 bits per heavy atom. The van der Waals surface area contributed by atoms with Gasteiger partial charge in [-0.3, -0.25) is 0 Å². The summed E-state index contributed by atoms with van der Waals surface area (Å²) in [5, 5.41) is 1.09. The van der Waals surface area contributed by atoms with E-state index in [0.717, 1.165) is 5.41 Å². The SMILES string of the molecule is COc1cccc(S(=O)(=O)/C=C/c2ccc(F)cc2)c1. The van der Waals surface area contributed by atoms with Crippen molar-refractivity contribution in [1.29, 1.82) is 0 Å². The molecule has 0 spiro atoms. The van der Waals surface area contributed by atoms with Gasteiger partial charge in [-0.1, -0.05) is 18.2 Å². The standard InChI is InChI=1S/C15H13FO3S/c1-19-14-3-2-4-15(11-14)20(17,18)10-9-12-5-7-13(16)8-6-12/h2-11H,1H3/b10-9+. The Morgan fingerprint density at radius 1 is 1.10 bits per heavy atom. The molecule has 0 unspecified atom stereocenters. The highest BCUT2D eigenvalue weighted by molar-refractivity contribution is 7.94. The molecule has 0 aliphatic rings. The monoisotopic (exact) mass is 292 g/mol. The molecule has 0 N–H and O–H groups in total. The summed E-state index contributed by atoms with van der Waals surface area (Å²) in [5.74, 6) is 0.110. The minimum Gasteiger partial charge on any atom is -0.497 e. The van der Waals surface area contributed by atoms with Crippen molar-refractivity contribution in [2.75, 3.05) is 7.11 Å². The molecule has 3 nitrogen and oxygen atoms in total. The van der Waals surface area contributed by atoms with Crippen LogP contribution in [0.3, 0.4) is 0 Å². The van der Waals surface area contributed by atoms with Crippen LogP contribution >= 0.6 is 0 Å². The van der Waals surface area contributed by atoms with Gasteiger partial charge < -0.3 is 4.74 Å². The Labute approximate surface area is 117 Å². The third-order valence-corrected chi connectivity index (χ3v) is 4.08. The largest absolute Gasteiger partial charge is 0.497 e. The third-order valence-electron chi connectivity index (χ3n) is 2.68. The Balaban J connectivity index is 2.28. The molecule has 0 saturated carbocycles. The molecule has 0 bridgehead atoms. The highest BCUT2D eigenvalue weighted by Crippen LogP contribution is 2.19. The lowest BCUT2D eigenvalue weighted by Crippen LogP contribution is -1.96. The molecule has 0 radical (unpaired) electrons. The molecule has 0 aromatic heterocycles. The van der Waals surface area contributed by atoms with Crippen molar-refractivity contribution in [3.05, 3.63) is 65.3 Å². The number of hydrogen-bond donors (Lipinski definition) is 0. The van der Waals surface area contributed by atoms with Crippen molar-refractivity contribution in [2.24, 2.45) is 0 Å². The molecular weight excluding hydrogens is 279 g/mol. The quantitative estimate of drug-likeness (QED) is 0.868. The van der Waals surface area contributed by atoms with Crippen LogP contribution in [0.2, 0.25) is 0 Å². The number of methoxy groups -OCH3 is 1. The van der Waals surface area contributed by atoms with Gasteiger partial charge in [0.1, 0.15) is 11.6 Å². The van der Waals surface area contributed by atoms with Gasteiger partial charge in [-0.25, -0.2) is 12.8 Å². The summed E-state index contributed by atoms with van der Waals surface area (Å²) in [6, 6.07) is 11.8. The van der Waals surface area contributed by atoms with Gasteiger partial charge in [0, 0.05) is 5.41 Å². The number of halogens is 1. The Morgan fingerprint density at radius 2 is 1.80 bits per heavy atom. The van der Waals surface area contributed by atoms with Gasteiger partial charge in [0.05, 0.1) is 12.0 Å². The van der Waals surface area contributed by atoms with Crippen LogP contribution in [0.5, 0.6) is 5.75 Å². The van der Waals surface area contributed by atoms with Gasteiger partial charge in [0.25, 0.3) is 0 Å². The smallest absolute Gasteiger partial charge is 0.199 e. The van der Waals surface area contributed by atoms with Crippen LogP contribution in [0.4, 0.5) is 4.39 Å². The normalized spacial score (nSPS) is 11.7. The molecule has 0 fully saturated rings. The Bertz CT molecular complexity index is 719. The predicted molar refractivity (Wildman–Crippen MR) is 75.6 cm³/mol. The first-order chi connectivity index (χ1) is 9.51. The number of benzene rings is 2. The first-order valence-corrected chi connectivity index (χ1v) is 7.39. The molecule has 2 aromatic carbocycles. The highest BCUT2D eigenvalue weighted by Gasteiger charge is 2.10. The summed E-state index contributed by atoms with van der Waals surface area (Å²) >= 11 is 0. The average molecular weight is 292 g/mol. The molecule has 0 heterocycles. The topological polar surface area (TPSA) is 43.4 Å². The summed E-state index contributed by atoms with van der Waals surface area (Å²) in [5.41, 5.74) is 0.609. The van der Waals surface area contributed by atoms with E-state index >= 15 is 0 Å². The zero-order valence-electron chi connectivity index (χ0n) is 10.8. The third kappa shape index (κ3) is 3.45. The fourth-order valence-corrected chi connectivity index (χ4v) is 2.64. The molecule has 2 rings (SSSR count). The van der Waals surface area contributed by atoms with Gasteiger partial charge >= 0.3 is 0 Å². The summed E-state index contributed by atoms with van der Waals surface area (Å²) in [4.78, 5) is 0.148. The van der Waals surface area contributed by atoms with Crippen molar-refractivity contribution in [1.82, 2.24) is 0 Å². The van der Waals surface area contributed by atoms with Crippen molar-refractivity contribution >= 4 is 15.9 Å². The number of ether oxygens (including phenoxy) is 1. The molecule has 104 valence electrons. The fourth-order valence-electron chi connectivity index (χ4n) is 1.60. The zero-order valence-corrected chi connectivity index (χ0v) is 11.6. The number of rotatable bonds is 4.